The van der Waals surface area contributed by atoms with Crippen LogP contribution in [0, 0.1) is 0 Å². The first-order chi connectivity index (χ1) is 9.28. The van der Waals surface area contributed by atoms with Crippen LogP contribution in [0.5, 0.6) is 0 Å². The van der Waals surface area contributed by atoms with Gasteiger partial charge in [0.05, 0.1) is 0 Å². The third kappa shape index (κ3) is 3.26. The topological polar surface area (TPSA) is 0 Å². The second-order valence-electron chi connectivity index (χ2n) is 5.15. The molecule has 0 aromatic heterocycles. The van der Waals surface area contributed by atoms with Gasteiger partial charge in [0.2, 0.25) is 0 Å². The molecule has 0 unspecified atom stereocenters. The molecule has 2 rings (SSSR count). The van der Waals surface area contributed by atoms with E-state index < -0.39 is 0 Å². The predicted octanol–water partition coefficient (Wildman–Crippen LogP) is 5.35. The maximum absolute atomic E-state index is 2.29. The van der Waals surface area contributed by atoms with E-state index in [0.717, 1.165) is 19.3 Å². The molecule has 2 aromatic carbocycles. The van der Waals surface area contributed by atoms with Crippen LogP contribution >= 0.6 is 0 Å². The zero-order chi connectivity index (χ0) is 13.7. The third-order valence-corrected chi connectivity index (χ3v) is 3.99. The molecule has 0 heterocycles. The van der Waals surface area contributed by atoms with Gasteiger partial charge in [0.1, 0.15) is 0 Å². The zero-order valence-electron chi connectivity index (χ0n) is 12.3. The Labute approximate surface area is 117 Å². The lowest BCUT2D eigenvalue weighted by atomic mass is 9.88. The predicted molar refractivity (Wildman–Crippen MR) is 83.8 cm³/mol. The molecule has 0 amide bonds. The highest BCUT2D eigenvalue weighted by molar-refractivity contribution is 5.35. The second-order valence-corrected chi connectivity index (χ2v) is 5.15. The van der Waals surface area contributed by atoms with E-state index in [9.17, 15) is 0 Å². The lowest BCUT2D eigenvalue weighted by Crippen LogP contribution is -2.00. The summed E-state index contributed by atoms with van der Waals surface area (Å²) >= 11 is 0. The molecule has 0 bridgehead atoms. The van der Waals surface area contributed by atoms with E-state index in [-0.39, 0.29) is 0 Å². The standard InChI is InChI=1S/C19H24/c1-4-15-7-11-17(12-8-15)19(6-3)18-13-9-16(5-2)10-14-18/h7-14,19H,4-6H2,1-3H3. The van der Waals surface area contributed by atoms with Crippen LogP contribution in [0.4, 0.5) is 0 Å². The first-order valence-electron chi connectivity index (χ1n) is 7.46. The highest BCUT2D eigenvalue weighted by Crippen LogP contribution is 2.28. The largest absolute Gasteiger partial charge is 0.0645 e. The highest BCUT2D eigenvalue weighted by Gasteiger charge is 2.11. The molecule has 0 aliphatic heterocycles. The Morgan fingerprint density at radius 3 is 1.26 bits per heavy atom. The SMILES string of the molecule is CCc1ccc(C(CC)c2ccc(CC)cc2)cc1. The molecule has 19 heavy (non-hydrogen) atoms. The smallest absolute Gasteiger partial charge is 0.00867 e. The second kappa shape index (κ2) is 6.56. The Hall–Kier alpha value is -1.56. The van der Waals surface area contributed by atoms with Crippen LogP contribution in [0.1, 0.15) is 55.4 Å². The summed E-state index contributed by atoms with van der Waals surface area (Å²) in [6.45, 7) is 6.68. The molecule has 0 atom stereocenters. The van der Waals surface area contributed by atoms with Gasteiger partial charge in [-0.15, -0.1) is 0 Å². The summed E-state index contributed by atoms with van der Waals surface area (Å²) in [7, 11) is 0. The summed E-state index contributed by atoms with van der Waals surface area (Å²) in [5, 5.41) is 0. The summed E-state index contributed by atoms with van der Waals surface area (Å²) < 4.78 is 0. The number of benzene rings is 2. The minimum absolute atomic E-state index is 0.525. The van der Waals surface area contributed by atoms with Gasteiger partial charge in [0.15, 0.2) is 0 Å². The number of hydrogen-bond donors (Lipinski definition) is 0. The van der Waals surface area contributed by atoms with Crippen LogP contribution in [0.2, 0.25) is 0 Å². The summed E-state index contributed by atoms with van der Waals surface area (Å²) in [6.07, 6.45) is 3.38. The maximum Gasteiger partial charge on any atom is 0.00867 e. The molecule has 2 aromatic rings. The lowest BCUT2D eigenvalue weighted by Gasteiger charge is -2.17. The molecule has 0 aliphatic rings. The van der Waals surface area contributed by atoms with Gasteiger partial charge >= 0.3 is 0 Å². The van der Waals surface area contributed by atoms with Crippen molar-refractivity contribution in [3.63, 3.8) is 0 Å². The number of hydrogen-bond acceptors (Lipinski definition) is 0. The zero-order valence-corrected chi connectivity index (χ0v) is 12.3. The lowest BCUT2D eigenvalue weighted by molar-refractivity contribution is 0.776. The van der Waals surface area contributed by atoms with Gasteiger partial charge in [-0.1, -0.05) is 69.3 Å². The van der Waals surface area contributed by atoms with E-state index >= 15 is 0 Å². The van der Waals surface area contributed by atoms with E-state index in [1.165, 1.54) is 22.3 Å². The molecular formula is C19H24. The number of aryl methyl sites for hydroxylation is 2. The molecule has 0 nitrogen and oxygen atoms in total. The molecule has 0 aliphatic carbocycles. The molecule has 0 spiro atoms. The minimum atomic E-state index is 0.525. The van der Waals surface area contributed by atoms with Crippen LogP contribution < -0.4 is 0 Å². The van der Waals surface area contributed by atoms with Crippen LogP contribution in [-0.2, 0) is 12.8 Å². The summed E-state index contributed by atoms with van der Waals surface area (Å²) in [5.41, 5.74) is 5.70. The summed E-state index contributed by atoms with van der Waals surface area (Å²) in [5.74, 6) is 0.525. The monoisotopic (exact) mass is 252 g/mol. The van der Waals surface area contributed by atoms with E-state index in [2.05, 4.69) is 69.3 Å². The van der Waals surface area contributed by atoms with Crippen molar-refractivity contribution in [2.24, 2.45) is 0 Å². The Bertz CT molecular complexity index is 443. The first kappa shape index (κ1) is 13.9. The van der Waals surface area contributed by atoms with Gasteiger partial charge in [-0.25, -0.2) is 0 Å². The average molecular weight is 252 g/mol. The van der Waals surface area contributed by atoms with Crippen LogP contribution in [-0.4, -0.2) is 0 Å². The molecule has 0 N–H and O–H groups in total. The third-order valence-electron chi connectivity index (χ3n) is 3.99. The Balaban J connectivity index is 2.26. The fraction of sp³-hybridized carbons (Fsp3) is 0.368. The summed E-state index contributed by atoms with van der Waals surface area (Å²) in [4.78, 5) is 0. The van der Waals surface area contributed by atoms with Crippen LogP contribution in [0.25, 0.3) is 0 Å². The van der Waals surface area contributed by atoms with Gasteiger partial charge in [-0.05, 0) is 41.5 Å². The Morgan fingerprint density at radius 2 is 1.00 bits per heavy atom. The van der Waals surface area contributed by atoms with E-state index in [0.29, 0.717) is 5.92 Å². The fourth-order valence-corrected chi connectivity index (χ4v) is 2.64. The van der Waals surface area contributed by atoms with Crippen LogP contribution in [0.3, 0.4) is 0 Å². The van der Waals surface area contributed by atoms with Crippen molar-refractivity contribution in [2.45, 2.75) is 46.0 Å². The van der Waals surface area contributed by atoms with Crippen molar-refractivity contribution < 1.29 is 0 Å². The van der Waals surface area contributed by atoms with E-state index in [4.69, 9.17) is 0 Å². The molecule has 0 radical (unpaired) electrons. The maximum atomic E-state index is 2.29. The van der Waals surface area contributed by atoms with Crippen molar-refractivity contribution in [1.29, 1.82) is 0 Å². The van der Waals surface area contributed by atoms with Gasteiger partial charge in [0.25, 0.3) is 0 Å². The first-order valence-corrected chi connectivity index (χ1v) is 7.46. The van der Waals surface area contributed by atoms with Crippen LogP contribution in [0.15, 0.2) is 48.5 Å². The number of rotatable bonds is 5. The molecule has 0 saturated carbocycles. The Kier molecular flexibility index (Phi) is 4.79. The van der Waals surface area contributed by atoms with Crippen molar-refractivity contribution in [3.05, 3.63) is 70.8 Å². The van der Waals surface area contributed by atoms with E-state index in [1.54, 1.807) is 0 Å². The van der Waals surface area contributed by atoms with Crippen molar-refractivity contribution in [2.75, 3.05) is 0 Å². The average Bonchev–Trinajstić information content (AvgIpc) is 2.49. The summed E-state index contributed by atoms with van der Waals surface area (Å²) in [6, 6.07) is 18.2. The molecule has 0 heteroatoms. The van der Waals surface area contributed by atoms with Gasteiger partial charge in [-0.2, -0.15) is 0 Å². The highest BCUT2D eigenvalue weighted by atomic mass is 14.2. The van der Waals surface area contributed by atoms with Crippen molar-refractivity contribution in [3.8, 4) is 0 Å². The van der Waals surface area contributed by atoms with E-state index in [1.807, 2.05) is 0 Å². The molecule has 100 valence electrons. The van der Waals surface area contributed by atoms with Crippen molar-refractivity contribution in [1.82, 2.24) is 0 Å². The molecular weight excluding hydrogens is 228 g/mol. The van der Waals surface area contributed by atoms with Gasteiger partial charge in [-0.3, -0.25) is 0 Å². The fourth-order valence-electron chi connectivity index (χ4n) is 2.64. The normalized spacial score (nSPS) is 10.9. The van der Waals surface area contributed by atoms with Crippen molar-refractivity contribution >= 4 is 0 Å². The van der Waals surface area contributed by atoms with Gasteiger partial charge in [0, 0.05) is 5.92 Å². The minimum Gasteiger partial charge on any atom is -0.0645 e. The quantitative estimate of drug-likeness (QED) is 0.672. The molecule has 0 saturated heterocycles. The Morgan fingerprint density at radius 1 is 0.632 bits per heavy atom. The molecule has 0 fully saturated rings. The van der Waals surface area contributed by atoms with Gasteiger partial charge < -0.3 is 0 Å².